The maximum absolute atomic E-state index is 5.48. The number of allylic oxidation sites excluding steroid dienone is 2. The molecule has 0 spiro atoms. The second kappa shape index (κ2) is 3.46. The molecule has 2 aliphatic rings. The van der Waals surface area contributed by atoms with Crippen molar-refractivity contribution in [2.75, 3.05) is 6.54 Å². The van der Waals surface area contributed by atoms with Gasteiger partial charge in [-0.1, -0.05) is 18.2 Å². The van der Waals surface area contributed by atoms with E-state index in [1.807, 2.05) is 6.21 Å². The molecule has 2 atom stereocenters. The molecule has 0 aromatic heterocycles. The fraction of sp³-hybridized carbons (Fsp3) is 0.444. The van der Waals surface area contributed by atoms with Crippen molar-refractivity contribution in [2.24, 2.45) is 16.0 Å². The quantitative estimate of drug-likeness (QED) is 0.655. The number of rotatable bonds is 2. The first-order chi connectivity index (χ1) is 5.90. The van der Waals surface area contributed by atoms with Crippen LogP contribution in [0.15, 0.2) is 28.2 Å². The second-order valence-electron chi connectivity index (χ2n) is 3.04. The van der Waals surface area contributed by atoms with E-state index in [4.69, 9.17) is 5.73 Å². The second-order valence-corrected chi connectivity index (χ2v) is 4.01. The van der Waals surface area contributed by atoms with Crippen LogP contribution in [0, 0.1) is 5.92 Å². The lowest BCUT2D eigenvalue weighted by atomic mass is 9.96. The maximum atomic E-state index is 5.48. The van der Waals surface area contributed by atoms with Gasteiger partial charge in [0.05, 0.1) is 5.25 Å². The number of nitrogens with two attached hydrogens (primary N) is 1. The Bertz CT molecular complexity index is 255. The molecule has 12 heavy (non-hydrogen) atoms. The van der Waals surface area contributed by atoms with Crippen LogP contribution in [-0.4, -0.2) is 18.0 Å². The molecular weight excluding hydrogens is 168 g/mol. The minimum Gasteiger partial charge on any atom is -0.330 e. The van der Waals surface area contributed by atoms with Crippen molar-refractivity contribution in [1.29, 1.82) is 0 Å². The Balaban J connectivity index is 2.07. The molecule has 0 saturated carbocycles. The van der Waals surface area contributed by atoms with Gasteiger partial charge in [0.1, 0.15) is 0 Å². The van der Waals surface area contributed by atoms with E-state index in [2.05, 4.69) is 22.6 Å². The summed E-state index contributed by atoms with van der Waals surface area (Å²) in [5.74, 6) is 0.525. The molecule has 2 unspecified atom stereocenters. The molecule has 1 aliphatic heterocycles. The minimum absolute atomic E-state index is 0.525. The fourth-order valence-corrected chi connectivity index (χ4v) is 2.35. The fourth-order valence-electron chi connectivity index (χ4n) is 1.47. The van der Waals surface area contributed by atoms with Gasteiger partial charge < -0.3 is 5.73 Å². The molecule has 2 rings (SSSR count). The Morgan fingerprint density at radius 2 is 2.50 bits per heavy atom. The minimum atomic E-state index is 0.525. The monoisotopic (exact) mass is 180 g/mol. The molecule has 2 nitrogen and oxygen atoms in total. The van der Waals surface area contributed by atoms with Crippen LogP contribution >= 0.6 is 11.9 Å². The van der Waals surface area contributed by atoms with E-state index in [9.17, 15) is 0 Å². The SMILES string of the molecule is NCCC1=CC2SN=CC2C=C1. The van der Waals surface area contributed by atoms with Crippen molar-refractivity contribution >= 4 is 18.2 Å². The average Bonchev–Trinajstić information content (AvgIpc) is 2.51. The summed E-state index contributed by atoms with van der Waals surface area (Å²) in [4.78, 5) is 0. The van der Waals surface area contributed by atoms with E-state index >= 15 is 0 Å². The number of fused-ring (bicyclic) bond motifs is 1. The van der Waals surface area contributed by atoms with Gasteiger partial charge in [-0.25, -0.2) is 4.40 Å². The van der Waals surface area contributed by atoms with Gasteiger partial charge in [-0.3, -0.25) is 0 Å². The predicted molar refractivity (Wildman–Crippen MR) is 54.3 cm³/mol. The third kappa shape index (κ3) is 1.47. The van der Waals surface area contributed by atoms with Crippen molar-refractivity contribution in [3.8, 4) is 0 Å². The highest BCUT2D eigenvalue weighted by atomic mass is 32.2. The lowest BCUT2D eigenvalue weighted by Gasteiger charge is -2.15. The standard InChI is InChI=1S/C9H12N2S/c10-4-3-7-1-2-8-6-11-12-9(8)5-7/h1-2,5-6,8-9H,3-4,10H2. The normalized spacial score (nSPS) is 31.9. The number of hydrogen-bond acceptors (Lipinski definition) is 3. The molecule has 1 aliphatic carbocycles. The highest BCUT2D eigenvalue weighted by Crippen LogP contribution is 2.32. The Kier molecular flexibility index (Phi) is 2.33. The van der Waals surface area contributed by atoms with Crippen LogP contribution in [0.25, 0.3) is 0 Å². The van der Waals surface area contributed by atoms with Gasteiger partial charge >= 0.3 is 0 Å². The summed E-state index contributed by atoms with van der Waals surface area (Å²) in [6.45, 7) is 0.735. The highest BCUT2D eigenvalue weighted by molar-refractivity contribution is 7.99. The molecule has 0 fully saturated rings. The van der Waals surface area contributed by atoms with Crippen LogP contribution in [0.4, 0.5) is 0 Å². The number of nitrogens with zero attached hydrogens (tertiary/aromatic N) is 1. The van der Waals surface area contributed by atoms with Gasteiger partial charge in [-0.15, -0.1) is 0 Å². The molecule has 0 radical (unpaired) electrons. The summed E-state index contributed by atoms with van der Waals surface area (Å²) < 4.78 is 4.19. The first-order valence-corrected chi connectivity index (χ1v) is 5.02. The first kappa shape index (κ1) is 8.08. The van der Waals surface area contributed by atoms with Crippen LogP contribution in [0.1, 0.15) is 6.42 Å². The van der Waals surface area contributed by atoms with Crippen LogP contribution < -0.4 is 5.73 Å². The summed E-state index contributed by atoms with van der Waals surface area (Å²) in [6, 6.07) is 0. The first-order valence-electron chi connectivity index (χ1n) is 4.18. The van der Waals surface area contributed by atoms with Crippen molar-refractivity contribution in [3.63, 3.8) is 0 Å². The molecule has 3 heteroatoms. The van der Waals surface area contributed by atoms with Crippen LogP contribution in [0.5, 0.6) is 0 Å². The smallest absolute Gasteiger partial charge is 0.0565 e. The third-order valence-corrected chi connectivity index (χ3v) is 3.08. The molecular formula is C9H12N2S. The van der Waals surface area contributed by atoms with Crippen molar-refractivity contribution in [3.05, 3.63) is 23.8 Å². The van der Waals surface area contributed by atoms with Gasteiger partial charge in [0, 0.05) is 12.1 Å². The zero-order valence-corrected chi connectivity index (χ0v) is 7.63. The van der Waals surface area contributed by atoms with E-state index < -0.39 is 0 Å². The third-order valence-electron chi connectivity index (χ3n) is 2.14. The Labute approximate surface area is 76.8 Å². The highest BCUT2D eigenvalue weighted by Gasteiger charge is 2.23. The average molecular weight is 180 g/mol. The number of hydrogen-bond donors (Lipinski definition) is 1. The molecule has 0 bridgehead atoms. The van der Waals surface area contributed by atoms with Gasteiger partial charge in [-0.05, 0) is 30.5 Å². The summed E-state index contributed by atoms with van der Waals surface area (Å²) >= 11 is 1.66. The summed E-state index contributed by atoms with van der Waals surface area (Å²) in [6.07, 6.45) is 9.68. The largest absolute Gasteiger partial charge is 0.330 e. The van der Waals surface area contributed by atoms with Crippen molar-refractivity contribution < 1.29 is 0 Å². The molecule has 0 aromatic rings. The van der Waals surface area contributed by atoms with E-state index in [1.165, 1.54) is 5.57 Å². The van der Waals surface area contributed by atoms with Crippen LogP contribution in [0.3, 0.4) is 0 Å². The van der Waals surface area contributed by atoms with Crippen LogP contribution in [-0.2, 0) is 0 Å². The van der Waals surface area contributed by atoms with E-state index in [0.29, 0.717) is 11.2 Å². The lowest BCUT2D eigenvalue weighted by Crippen LogP contribution is -2.14. The Morgan fingerprint density at radius 1 is 1.58 bits per heavy atom. The van der Waals surface area contributed by atoms with E-state index in [1.54, 1.807) is 11.9 Å². The van der Waals surface area contributed by atoms with E-state index in [-0.39, 0.29) is 0 Å². The van der Waals surface area contributed by atoms with Gasteiger partial charge in [0.15, 0.2) is 0 Å². The topological polar surface area (TPSA) is 38.4 Å². The van der Waals surface area contributed by atoms with Gasteiger partial charge in [0.2, 0.25) is 0 Å². The molecule has 0 aromatic carbocycles. The van der Waals surface area contributed by atoms with Crippen LogP contribution in [0.2, 0.25) is 0 Å². The maximum Gasteiger partial charge on any atom is 0.0565 e. The molecule has 1 heterocycles. The lowest BCUT2D eigenvalue weighted by molar-refractivity contribution is 0.879. The molecule has 0 saturated heterocycles. The zero-order valence-electron chi connectivity index (χ0n) is 6.81. The zero-order chi connectivity index (χ0) is 8.39. The van der Waals surface area contributed by atoms with Gasteiger partial charge in [-0.2, -0.15) is 0 Å². The molecule has 0 amide bonds. The predicted octanol–water partition coefficient (Wildman–Crippen LogP) is 1.55. The van der Waals surface area contributed by atoms with Crippen molar-refractivity contribution in [1.82, 2.24) is 0 Å². The summed E-state index contributed by atoms with van der Waals surface area (Å²) in [5.41, 5.74) is 6.84. The Hall–Kier alpha value is -0.540. The summed E-state index contributed by atoms with van der Waals surface area (Å²) in [7, 11) is 0. The van der Waals surface area contributed by atoms with Gasteiger partial charge in [0.25, 0.3) is 0 Å². The Morgan fingerprint density at radius 3 is 3.33 bits per heavy atom. The molecule has 64 valence electrons. The summed E-state index contributed by atoms with van der Waals surface area (Å²) in [5, 5.41) is 0.538. The molecule has 2 N–H and O–H groups in total. The van der Waals surface area contributed by atoms with Crippen molar-refractivity contribution in [2.45, 2.75) is 11.7 Å². The van der Waals surface area contributed by atoms with E-state index in [0.717, 1.165) is 13.0 Å².